The molecule has 1 aliphatic heterocycles. The smallest absolute Gasteiger partial charge is 0.338 e. The molecule has 1 unspecified atom stereocenters. The minimum absolute atomic E-state index is 0.137. The summed E-state index contributed by atoms with van der Waals surface area (Å²) < 4.78 is 51.7. The quantitative estimate of drug-likeness (QED) is 0.336. The molecule has 1 aliphatic rings. The van der Waals surface area contributed by atoms with Gasteiger partial charge in [-0.25, -0.2) is 22.6 Å². The van der Waals surface area contributed by atoms with Crippen molar-refractivity contribution in [2.45, 2.75) is 31.2 Å². The molecular formula is C29H30FN3O6S. The first kappa shape index (κ1) is 28.9. The molecule has 40 heavy (non-hydrogen) atoms. The lowest BCUT2D eigenvalue weighted by Gasteiger charge is -2.22. The highest BCUT2D eigenvalue weighted by Crippen LogP contribution is 2.33. The monoisotopic (exact) mass is 567 g/mol. The van der Waals surface area contributed by atoms with E-state index in [0.717, 1.165) is 33.6 Å². The van der Waals surface area contributed by atoms with Gasteiger partial charge in [0, 0.05) is 19.5 Å². The number of ether oxygens (including phenoxy) is 2. The highest BCUT2D eigenvalue weighted by atomic mass is 32.2. The number of nitrogens with zero attached hydrogens (tertiary/aromatic N) is 3. The standard InChI is InChI=1S/C29H30FN3O6S/c1-4-32(5-2)40(36,37)27-17-22(13-16-24(27)30)29(35)39-19-28(34)33-26(21-11-14-23(38-3)15-12-21)18-25(31-33)20-9-7-6-8-10-20/h6-17,26H,4-5,18-19H2,1-3H3. The van der Waals surface area contributed by atoms with Gasteiger partial charge in [-0.3, -0.25) is 4.79 Å². The number of hydrogen-bond donors (Lipinski definition) is 0. The van der Waals surface area contributed by atoms with Crippen molar-refractivity contribution < 1.29 is 31.9 Å². The van der Waals surface area contributed by atoms with Crippen LogP contribution in [0.2, 0.25) is 0 Å². The van der Waals surface area contributed by atoms with Crippen molar-refractivity contribution in [3.63, 3.8) is 0 Å². The summed E-state index contributed by atoms with van der Waals surface area (Å²) in [4.78, 5) is 25.4. The Morgan fingerprint density at radius 1 is 1.02 bits per heavy atom. The molecule has 0 saturated heterocycles. The van der Waals surface area contributed by atoms with Gasteiger partial charge in [-0.2, -0.15) is 9.41 Å². The molecule has 11 heteroatoms. The van der Waals surface area contributed by atoms with E-state index in [1.165, 1.54) is 5.01 Å². The number of halogens is 1. The van der Waals surface area contributed by atoms with E-state index in [1.54, 1.807) is 33.1 Å². The Balaban J connectivity index is 1.54. The fourth-order valence-electron chi connectivity index (χ4n) is 4.44. The fourth-order valence-corrected chi connectivity index (χ4v) is 5.99. The molecule has 3 aromatic carbocycles. The van der Waals surface area contributed by atoms with Gasteiger partial charge in [-0.05, 0) is 41.5 Å². The minimum atomic E-state index is -4.16. The maximum absolute atomic E-state index is 14.5. The van der Waals surface area contributed by atoms with E-state index in [0.29, 0.717) is 17.9 Å². The van der Waals surface area contributed by atoms with Crippen molar-refractivity contribution in [2.24, 2.45) is 5.10 Å². The third-order valence-corrected chi connectivity index (χ3v) is 8.66. The average molecular weight is 568 g/mol. The molecule has 0 aromatic heterocycles. The van der Waals surface area contributed by atoms with E-state index < -0.39 is 45.3 Å². The van der Waals surface area contributed by atoms with Crippen molar-refractivity contribution in [3.05, 3.63) is 95.3 Å². The summed E-state index contributed by atoms with van der Waals surface area (Å²) in [7, 11) is -2.60. The Bertz CT molecular complexity index is 1510. The Kier molecular flexibility index (Phi) is 8.96. The van der Waals surface area contributed by atoms with Crippen LogP contribution in [0.15, 0.2) is 82.8 Å². The van der Waals surface area contributed by atoms with Crippen molar-refractivity contribution in [3.8, 4) is 5.75 Å². The van der Waals surface area contributed by atoms with E-state index in [2.05, 4.69) is 5.10 Å². The van der Waals surface area contributed by atoms with E-state index in [1.807, 2.05) is 42.5 Å². The number of esters is 1. The van der Waals surface area contributed by atoms with E-state index in [4.69, 9.17) is 9.47 Å². The largest absolute Gasteiger partial charge is 0.497 e. The van der Waals surface area contributed by atoms with Crippen LogP contribution in [-0.4, -0.2) is 62.1 Å². The van der Waals surface area contributed by atoms with Gasteiger partial charge in [0.15, 0.2) is 6.61 Å². The Labute approximate surface area is 232 Å². The Morgan fingerprint density at radius 2 is 1.70 bits per heavy atom. The fraction of sp³-hybridized carbons (Fsp3) is 0.276. The van der Waals surface area contributed by atoms with Crippen LogP contribution in [-0.2, 0) is 19.6 Å². The first-order chi connectivity index (χ1) is 19.2. The summed E-state index contributed by atoms with van der Waals surface area (Å²) in [6.07, 6.45) is 0.445. The second-order valence-electron chi connectivity index (χ2n) is 8.95. The van der Waals surface area contributed by atoms with E-state index >= 15 is 0 Å². The van der Waals surface area contributed by atoms with Gasteiger partial charge >= 0.3 is 5.97 Å². The lowest BCUT2D eigenvalue weighted by Crippen LogP contribution is -2.32. The highest BCUT2D eigenvalue weighted by Gasteiger charge is 2.34. The molecule has 210 valence electrons. The molecule has 0 radical (unpaired) electrons. The third kappa shape index (κ3) is 6.05. The Hall–Kier alpha value is -4.09. The number of sulfonamides is 1. The normalized spacial score (nSPS) is 15.2. The maximum atomic E-state index is 14.5. The topological polar surface area (TPSA) is 106 Å². The second-order valence-corrected chi connectivity index (χ2v) is 10.9. The van der Waals surface area contributed by atoms with Gasteiger partial charge in [0.1, 0.15) is 16.5 Å². The van der Waals surface area contributed by atoms with Gasteiger partial charge in [0.2, 0.25) is 10.0 Å². The molecule has 1 heterocycles. The molecule has 0 bridgehead atoms. The lowest BCUT2D eigenvalue weighted by molar-refractivity contribution is -0.136. The maximum Gasteiger partial charge on any atom is 0.338 e. The summed E-state index contributed by atoms with van der Waals surface area (Å²) >= 11 is 0. The van der Waals surface area contributed by atoms with Gasteiger partial charge < -0.3 is 9.47 Å². The summed E-state index contributed by atoms with van der Waals surface area (Å²) in [6, 6.07) is 19.2. The predicted molar refractivity (Wildman–Crippen MR) is 147 cm³/mol. The number of carbonyl (C=O) groups is 2. The molecule has 0 saturated carbocycles. The number of benzene rings is 3. The molecular weight excluding hydrogens is 537 g/mol. The van der Waals surface area contributed by atoms with Crippen molar-refractivity contribution in [1.82, 2.24) is 9.31 Å². The number of hydrazone groups is 1. The molecule has 9 nitrogen and oxygen atoms in total. The van der Waals surface area contributed by atoms with Crippen molar-refractivity contribution in [1.29, 1.82) is 0 Å². The third-order valence-electron chi connectivity index (χ3n) is 6.59. The summed E-state index contributed by atoms with van der Waals surface area (Å²) in [5.74, 6) is -1.85. The molecule has 1 amide bonds. The van der Waals surface area contributed by atoms with Crippen LogP contribution in [0.1, 0.15) is 47.8 Å². The van der Waals surface area contributed by atoms with Crippen LogP contribution in [0.5, 0.6) is 5.75 Å². The van der Waals surface area contributed by atoms with Crippen LogP contribution < -0.4 is 4.74 Å². The zero-order chi connectivity index (χ0) is 28.9. The van der Waals surface area contributed by atoms with Crippen molar-refractivity contribution >= 4 is 27.6 Å². The molecule has 1 atom stereocenters. The second kappa shape index (κ2) is 12.4. The van der Waals surface area contributed by atoms with Crippen LogP contribution in [0.25, 0.3) is 0 Å². The molecule has 3 aromatic rings. The van der Waals surface area contributed by atoms with Gasteiger partial charge in [0.05, 0.1) is 24.4 Å². The molecule has 0 N–H and O–H groups in total. The molecule has 0 fully saturated rings. The number of methoxy groups -OCH3 is 1. The lowest BCUT2D eigenvalue weighted by atomic mass is 9.98. The van der Waals surface area contributed by atoms with Crippen LogP contribution >= 0.6 is 0 Å². The highest BCUT2D eigenvalue weighted by molar-refractivity contribution is 7.89. The van der Waals surface area contributed by atoms with Gasteiger partial charge in [0.25, 0.3) is 5.91 Å². The first-order valence-electron chi connectivity index (χ1n) is 12.7. The van der Waals surface area contributed by atoms with Gasteiger partial charge in [-0.15, -0.1) is 0 Å². The van der Waals surface area contributed by atoms with E-state index in [-0.39, 0.29) is 18.7 Å². The number of amides is 1. The number of rotatable bonds is 10. The van der Waals surface area contributed by atoms with Crippen LogP contribution in [0.4, 0.5) is 4.39 Å². The summed E-state index contributed by atoms with van der Waals surface area (Å²) in [5.41, 5.74) is 2.19. The summed E-state index contributed by atoms with van der Waals surface area (Å²) in [5, 5.41) is 5.84. The van der Waals surface area contributed by atoms with Gasteiger partial charge in [-0.1, -0.05) is 56.3 Å². The van der Waals surface area contributed by atoms with E-state index in [9.17, 15) is 22.4 Å². The zero-order valence-electron chi connectivity index (χ0n) is 22.4. The van der Waals surface area contributed by atoms with Crippen LogP contribution in [0, 0.1) is 5.82 Å². The number of hydrogen-bond acceptors (Lipinski definition) is 7. The average Bonchev–Trinajstić information content (AvgIpc) is 3.42. The van der Waals surface area contributed by atoms with Crippen molar-refractivity contribution in [2.75, 3.05) is 26.8 Å². The first-order valence-corrected chi connectivity index (χ1v) is 14.2. The zero-order valence-corrected chi connectivity index (χ0v) is 23.2. The number of carbonyl (C=O) groups excluding carboxylic acids is 2. The Morgan fingerprint density at radius 3 is 2.33 bits per heavy atom. The SMILES string of the molecule is CCN(CC)S(=O)(=O)c1cc(C(=O)OCC(=O)N2N=C(c3ccccc3)CC2c2ccc(OC)cc2)ccc1F. The predicted octanol–water partition coefficient (Wildman–Crippen LogP) is 4.40. The molecule has 4 rings (SSSR count). The summed E-state index contributed by atoms with van der Waals surface area (Å²) in [6.45, 7) is 2.89. The molecule has 0 spiro atoms. The van der Waals surface area contributed by atoms with Crippen LogP contribution in [0.3, 0.4) is 0 Å². The molecule has 0 aliphatic carbocycles. The minimum Gasteiger partial charge on any atom is -0.497 e.